The third-order valence-electron chi connectivity index (χ3n) is 14.1. The first-order chi connectivity index (χ1) is 32.0. The van der Waals surface area contributed by atoms with E-state index >= 15 is 4.39 Å². The second-order valence-corrected chi connectivity index (χ2v) is 20.4. The van der Waals surface area contributed by atoms with Gasteiger partial charge in [0.1, 0.15) is 17.6 Å². The van der Waals surface area contributed by atoms with Gasteiger partial charge in [0.15, 0.2) is 0 Å². The van der Waals surface area contributed by atoms with Crippen LogP contribution in [0.3, 0.4) is 0 Å². The molecule has 3 fully saturated rings. The minimum absolute atomic E-state index is 0.00721. The van der Waals surface area contributed by atoms with Crippen molar-refractivity contribution in [3.63, 3.8) is 0 Å². The number of halogens is 3. The molecule has 2 saturated heterocycles. The standard InChI is InChI=1S/C52H53Cl2FN6O6/c1-51(2,3)25-42-52(27-56-39-24-31(53)17-18-36(39)52)44(34-12-7-13-37(54)45(34)55)46(59-42)49(65)58-38-19-16-30(23-41(38)67-4)47(63)57-32-10-5-8-28(22-32)14-15-29-9-6-11-33-35(29)26-61(50(33)66)40-20-21-43(62)60-48(40)64/h6-7,9,11-13,16-19,23-24,28,32,40,42,44,46,56,59H,5,8,10,20-22,25-27H2,1-4H3,(H,57,63)(H,58,65)(H,60,62,64)/t28-,32-,40?,42+,44+,46-,52+/m1/s1. The number of nitrogens with one attached hydrogen (secondary N) is 5. The smallest absolute Gasteiger partial charge is 0.255 e. The van der Waals surface area contributed by atoms with E-state index in [0.717, 1.165) is 41.6 Å². The van der Waals surface area contributed by atoms with Crippen LogP contribution in [-0.2, 0) is 26.3 Å². The Morgan fingerprint density at radius 2 is 1.81 bits per heavy atom. The number of methoxy groups -OCH3 is 1. The fourth-order valence-corrected chi connectivity index (χ4v) is 11.4. The van der Waals surface area contributed by atoms with Gasteiger partial charge in [-0.15, -0.1) is 0 Å². The van der Waals surface area contributed by atoms with Crippen LogP contribution in [0.5, 0.6) is 5.75 Å². The highest BCUT2D eigenvalue weighted by Gasteiger charge is 2.61. The monoisotopic (exact) mass is 946 g/mol. The van der Waals surface area contributed by atoms with Gasteiger partial charge in [0, 0.05) is 76.2 Å². The fraction of sp³-hybridized carbons (Fsp3) is 0.404. The van der Waals surface area contributed by atoms with E-state index < -0.39 is 41.0 Å². The second-order valence-electron chi connectivity index (χ2n) is 19.6. The molecule has 4 aromatic rings. The van der Waals surface area contributed by atoms with Crippen LogP contribution in [0.25, 0.3) is 0 Å². The van der Waals surface area contributed by atoms with Crippen LogP contribution < -0.4 is 31.3 Å². The molecule has 12 nitrogen and oxygen atoms in total. The quantitative estimate of drug-likeness (QED) is 0.0877. The fourth-order valence-electron chi connectivity index (χ4n) is 11.0. The van der Waals surface area contributed by atoms with Gasteiger partial charge in [-0.25, -0.2) is 4.39 Å². The molecule has 67 heavy (non-hydrogen) atoms. The summed E-state index contributed by atoms with van der Waals surface area (Å²) in [7, 11) is 1.47. The Bertz CT molecular complexity index is 2770. The zero-order valence-corrected chi connectivity index (χ0v) is 39.3. The number of benzene rings is 4. The molecule has 7 atom stereocenters. The van der Waals surface area contributed by atoms with Crippen LogP contribution in [-0.4, -0.2) is 72.3 Å². The Labute approximate surface area is 399 Å². The number of rotatable bonds is 8. The largest absolute Gasteiger partial charge is 0.495 e. The first-order valence-corrected chi connectivity index (χ1v) is 23.6. The van der Waals surface area contributed by atoms with Gasteiger partial charge < -0.3 is 30.9 Å². The molecule has 0 radical (unpaired) electrons. The summed E-state index contributed by atoms with van der Waals surface area (Å²) in [5.41, 5.74) is 3.88. The third-order valence-corrected chi connectivity index (χ3v) is 14.6. The van der Waals surface area contributed by atoms with Gasteiger partial charge in [-0.1, -0.05) is 86.5 Å². The van der Waals surface area contributed by atoms with Crippen LogP contribution in [0.1, 0.15) is 115 Å². The summed E-state index contributed by atoms with van der Waals surface area (Å²) in [6.45, 7) is 7.10. The van der Waals surface area contributed by atoms with Crippen molar-refractivity contribution in [2.75, 3.05) is 24.3 Å². The summed E-state index contributed by atoms with van der Waals surface area (Å²) in [5, 5.41) is 16.3. The van der Waals surface area contributed by atoms with Gasteiger partial charge in [0.25, 0.3) is 11.8 Å². The van der Waals surface area contributed by atoms with Crippen molar-refractivity contribution < 1.29 is 33.1 Å². The molecule has 1 spiro atoms. The predicted octanol–water partition coefficient (Wildman–Crippen LogP) is 8.10. The Balaban J connectivity index is 0.907. The van der Waals surface area contributed by atoms with E-state index in [4.69, 9.17) is 27.9 Å². The first kappa shape index (κ1) is 46.2. The number of piperidine rings is 1. The molecule has 0 aromatic heterocycles. The van der Waals surface area contributed by atoms with Crippen molar-refractivity contribution in [3.05, 3.63) is 122 Å². The zero-order chi connectivity index (χ0) is 47.4. The van der Waals surface area contributed by atoms with E-state index in [2.05, 4.69) is 59.2 Å². The normalized spacial score (nSPS) is 25.4. The van der Waals surface area contributed by atoms with E-state index in [1.54, 1.807) is 42.5 Å². The summed E-state index contributed by atoms with van der Waals surface area (Å²) >= 11 is 12.9. The average Bonchev–Trinajstić information content (AvgIpc) is 3.94. The Hall–Kier alpha value is -5.94. The maximum absolute atomic E-state index is 16.3. The molecule has 0 bridgehead atoms. The number of imide groups is 1. The van der Waals surface area contributed by atoms with E-state index in [1.165, 1.54) is 18.1 Å². The van der Waals surface area contributed by atoms with Crippen LogP contribution in [0, 0.1) is 29.0 Å². The van der Waals surface area contributed by atoms with E-state index in [-0.39, 0.29) is 71.3 Å². The average molecular weight is 948 g/mol. The molecular formula is C52H53Cl2FN6O6. The van der Waals surface area contributed by atoms with E-state index in [9.17, 15) is 24.0 Å². The van der Waals surface area contributed by atoms with Gasteiger partial charge in [-0.05, 0) is 103 Å². The molecule has 4 aliphatic heterocycles. The maximum atomic E-state index is 16.3. The Kier molecular flexibility index (Phi) is 12.6. The molecule has 4 heterocycles. The summed E-state index contributed by atoms with van der Waals surface area (Å²) < 4.78 is 22.1. The summed E-state index contributed by atoms with van der Waals surface area (Å²) in [6, 6.07) is 18.9. The number of hydrogen-bond acceptors (Lipinski definition) is 8. The first-order valence-electron chi connectivity index (χ1n) is 22.9. The van der Waals surface area contributed by atoms with Gasteiger partial charge in [0.05, 0.1) is 23.9 Å². The minimum Gasteiger partial charge on any atom is -0.495 e. The van der Waals surface area contributed by atoms with Crippen molar-refractivity contribution in [2.45, 2.75) is 108 Å². The van der Waals surface area contributed by atoms with Crippen molar-refractivity contribution in [3.8, 4) is 17.6 Å². The number of amides is 5. The van der Waals surface area contributed by atoms with E-state index in [1.807, 2.05) is 24.3 Å². The lowest BCUT2D eigenvalue weighted by Gasteiger charge is -2.39. The number of carbonyl (C=O) groups is 5. The number of fused-ring (bicyclic) bond motifs is 3. The summed E-state index contributed by atoms with van der Waals surface area (Å²) in [6.07, 6.45) is 4.26. The van der Waals surface area contributed by atoms with Gasteiger partial charge in [0.2, 0.25) is 17.7 Å². The van der Waals surface area contributed by atoms with Gasteiger partial charge in [-0.2, -0.15) is 0 Å². The van der Waals surface area contributed by atoms with Crippen LogP contribution in [0.15, 0.2) is 72.8 Å². The van der Waals surface area contributed by atoms with Crippen molar-refractivity contribution in [1.29, 1.82) is 0 Å². The number of ether oxygens (including phenoxy) is 1. The lowest BCUT2D eigenvalue weighted by atomic mass is 9.63. The van der Waals surface area contributed by atoms with Crippen LogP contribution in [0.2, 0.25) is 10.0 Å². The number of anilines is 2. The van der Waals surface area contributed by atoms with E-state index in [0.29, 0.717) is 46.8 Å². The van der Waals surface area contributed by atoms with Crippen LogP contribution in [0.4, 0.5) is 15.8 Å². The number of hydrogen-bond donors (Lipinski definition) is 5. The molecule has 1 saturated carbocycles. The Morgan fingerprint density at radius 1 is 1.00 bits per heavy atom. The molecule has 9 rings (SSSR count). The Morgan fingerprint density at radius 3 is 2.58 bits per heavy atom. The van der Waals surface area contributed by atoms with Crippen molar-refractivity contribution >= 4 is 64.1 Å². The molecular weight excluding hydrogens is 895 g/mol. The maximum Gasteiger partial charge on any atom is 0.255 e. The topological polar surface area (TPSA) is 158 Å². The number of carbonyl (C=O) groups excluding carboxylic acids is 5. The van der Waals surface area contributed by atoms with Crippen LogP contribution >= 0.6 is 23.2 Å². The SMILES string of the molecule is COc1cc(C(=O)N[C@@H]2CCC[C@H](C#Cc3cccc4c3CN(C3CCC(=O)NC3=O)C4=O)C2)ccc1NC(=O)[C@@H]1N[C@@H](CC(C)(C)C)[C@@]2(CNc3cc(Cl)ccc32)[C@H]1c1cccc(Cl)c1F. The third kappa shape index (κ3) is 8.87. The lowest BCUT2D eigenvalue weighted by Crippen LogP contribution is -2.52. The van der Waals surface area contributed by atoms with Gasteiger partial charge >= 0.3 is 0 Å². The highest BCUT2D eigenvalue weighted by atomic mass is 35.5. The molecule has 5 N–H and O–H groups in total. The van der Waals surface area contributed by atoms with Gasteiger partial charge in [-0.3, -0.25) is 29.3 Å². The molecule has 1 aliphatic carbocycles. The molecule has 15 heteroatoms. The predicted molar refractivity (Wildman–Crippen MR) is 255 cm³/mol. The molecule has 5 amide bonds. The number of nitrogens with zero attached hydrogens (tertiary/aromatic N) is 1. The summed E-state index contributed by atoms with van der Waals surface area (Å²) in [5.74, 6) is 3.98. The summed E-state index contributed by atoms with van der Waals surface area (Å²) in [4.78, 5) is 67.7. The molecule has 348 valence electrons. The molecule has 1 unspecified atom stereocenters. The molecule has 5 aliphatic rings. The second kappa shape index (κ2) is 18.3. The minimum atomic E-state index is -0.906. The lowest BCUT2D eigenvalue weighted by molar-refractivity contribution is -0.137. The highest BCUT2D eigenvalue weighted by Crippen LogP contribution is 2.57. The highest BCUT2D eigenvalue weighted by molar-refractivity contribution is 6.31. The van der Waals surface area contributed by atoms with Crippen molar-refractivity contribution in [2.24, 2.45) is 11.3 Å². The molecule has 4 aromatic carbocycles. The zero-order valence-electron chi connectivity index (χ0n) is 37.8. The van der Waals surface area contributed by atoms with Crippen molar-refractivity contribution in [1.82, 2.24) is 20.9 Å².